The zero-order valence-electron chi connectivity index (χ0n) is 15.5. The highest BCUT2D eigenvalue weighted by Crippen LogP contribution is 2.25. The van der Waals surface area contributed by atoms with Gasteiger partial charge in [0.15, 0.2) is 0 Å². The quantitative estimate of drug-likeness (QED) is 0.632. The lowest BCUT2D eigenvalue weighted by Crippen LogP contribution is -2.32. The van der Waals surface area contributed by atoms with Crippen molar-refractivity contribution in [2.24, 2.45) is 0 Å². The van der Waals surface area contributed by atoms with Crippen molar-refractivity contribution >= 4 is 27.9 Å². The van der Waals surface area contributed by atoms with Gasteiger partial charge in [-0.1, -0.05) is 6.07 Å². The number of ether oxygens (including phenoxy) is 1. The molecule has 1 aliphatic rings. The fourth-order valence-electron chi connectivity index (χ4n) is 2.77. The fraction of sp³-hybridized carbons (Fsp3) is 0.444. The Morgan fingerprint density at radius 2 is 1.96 bits per heavy atom. The van der Waals surface area contributed by atoms with Crippen LogP contribution in [0, 0.1) is 0 Å². The summed E-state index contributed by atoms with van der Waals surface area (Å²) in [6, 6.07) is 4.59. The van der Waals surface area contributed by atoms with Crippen LogP contribution < -0.4 is 14.8 Å². The fourth-order valence-corrected chi connectivity index (χ4v) is 3.69. The van der Waals surface area contributed by atoms with E-state index in [4.69, 9.17) is 4.74 Å². The standard InChI is InChI=1S/C18H25N3O5S/c1-19-27(24,25)16-13-14(5-7-15(16)26-2)6-8-17(22)20-10-9-18(23)21-11-3-4-12-21/h5-8,13,19H,3-4,9-12H2,1-2H3,(H,20,22)/b8-6+. The molecule has 27 heavy (non-hydrogen) atoms. The summed E-state index contributed by atoms with van der Waals surface area (Å²) in [5.41, 5.74) is 0.535. The average molecular weight is 395 g/mol. The topological polar surface area (TPSA) is 105 Å². The van der Waals surface area contributed by atoms with E-state index in [2.05, 4.69) is 10.0 Å². The lowest BCUT2D eigenvalue weighted by molar-refractivity contribution is -0.130. The highest BCUT2D eigenvalue weighted by molar-refractivity contribution is 7.89. The minimum absolute atomic E-state index is 0.00809. The van der Waals surface area contributed by atoms with Crippen LogP contribution in [0.25, 0.3) is 6.08 Å². The van der Waals surface area contributed by atoms with E-state index >= 15 is 0 Å². The monoisotopic (exact) mass is 395 g/mol. The molecule has 1 saturated heterocycles. The molecule has 0 saturated carbocycles. The number of nitrogens with one attached hydrogen (secondary N) is 2. The molecule has 1 fully saturated rings. The Morgan fingerprint density at radius 3 is 2.59 bits per heavy atom. The zero-order valence-corrected chi connectivity index (χ0v) is 16.3. The van der Waals surface area contributed by atoms with Gasteiger partial charge in [0.25, 0.3) is 0 Å². The minimum atomic E-state index is -3.69. The summed E-state index contributed by atoms with van der Waals surface area (Å²) in [4.78, 5) is 25.6. The van der Waals surface area contributed by atoms with Crippen molar-refractivity contribution in [3.05, 3.63) is 29.8 Å². The molecule has 9 heteroatoms. The van der Waals surface area contributed by atoms with Gasteiger partial charge in [-0.25, -0.2) is 13.1 Å². The number of carbonyl (C=O) groups excluding carboxylic acids is 2. The lowest BCUT2D eigenvalue weighted by Gasteiger charge is -2.14. The predicted octanol–water partition coefficient (Wildman–Crippen LogP) is 0.745. The molecule has 1 heterocycles. The molecule has 2 rings (SSSR count). The van der Waals surface area contributed by atoms with Crippen LogP contribution in [-0.2, 0) is 19.6 Å². The molecule has 8 nitrogen and oxygen atoms in total. The van der Waals surface area contributed by atoms with Crippen LogP contribution in [0.2, 0.25) is 0 Å². The summed E-state index contributed by atoms with van der Waals surface area (Å²) < 4.78 is 31.4. The van der Waals surface area contributed by atoms with Gasteiger partial charge in [-0.3, -0.25) is 9.59 Å². The second kappa shape index (κ2) is 9.52. The third kappa shape index (κ3) is 5.80. The van der Waals surface area contributed by atoms with Crippen molar-refractivity contribution in [2.75, 3.05) is 33.8 Å². The number of carbonyl (C=O) groups is 2. The largest absolute Gasteiger partial charge is 0.495 e. The first-order chi connectivity index (χ1) is 12.9. The van der Waals surface area contributed by atoms with Gasteiger partial charge in [0, 0.05) is 32.1 Å². The number of rotatable bonds is 8. The summed E-state index contributed by atoms with van der Waals surface area (Å²) in [5.74, 6) is -0.0849. The van der Waals surface area contributed by atoms with E-state index in [-0.39, 0.29) is 35.4 Å². The predicted molar refractivity (Wildman–Crippen MR) is 102 cm³/mol. The average Bonchev–Trinajstić information content (AvgIpc) is 3.21. The molecule has 0 unspecified atom stereocenters. The molecule has 0 bridgehead atoms. The summed E-state index contributed by atoms with van der Waals surface area (Å²) in [6.07, 6.45) is 5.15. The van der Waals surface area contributed by atoms with E-state index in [1.54, 1.807) is 6.07 Å². The minimum Gasteiger partial charge on any atom is -0.495 e. The van der Waals surface area contributed by atoms with Gasteiger partial charge in [0.05, 0.1) is 7.11 Å². The van der Waals surface area contributed by atoms with Crippen molar-refractivity contribution in [3.8, 4) is 5.75 Å². The molecule has 1 aromatic rings. The molecular formula is C18H25N3O5S. The Morgan fingerprint density at radius 1 is 1.26 bits per heavy atom. The number of hydrogen-bond donors (Lipinski definition) is 2. The molecule has 1 aromatic carbocycles. The smallest absolute Gasteiger partial charge is 0.244 e. The Hall–Kier alpha value is -2.39. The van der Waals surface area contributed by atoms with Crippen LogP contribution in [0.3, 0.4) is 0 Å². The third-order valence-electron chi connectivity index (χ3n) is 4.27. The number of likely N-dealkylation sites (tertiary alicyclic amines) is 1. The first kappa shape index (κ1) is 20.9. The Balaban J connectivity index is 1.93. The summed E-state index contributed by atoms with van der Waals surface area (Å²) in [6.45, 7) is 1.85. The van der Waals surface area contributed by atoms with Crippen molar-refractivity contribution in [1.82, 2.24) is 14.9 Å². The van der Waals surface area contributed by atoms with Gasteiger partial charge in [-0.2, -0.15) is 0 Å². The van der Waals surface area contributed by atoms with E-state index in [1.165, 1.54) is 38.4 Å². The number of hydrogen-bond acceptors (Lipinski definition) is 5. The summed E-state index contributed by atoms with van der Waals surface area (Å²) in [5, 5.41) is 2.66. The zero-order chi connectivity index (χ0) is 19.9. The van der Waals surface area contributed by atoms with Crippen molar-refractivity contribution in [2.45, 2.75) is 24.2 Å². The Kier molecular flexibility index (Phi) is 7.37. The highest BCUT2D eigenvalue weighted by atomic mass is 32.2. The molecule has 0 spiro atoms. The van der Waals surface area contributed by atoms with Crippen LogP contribution in [-0.4, -0.2) is 58.9 Å². The molecule has 2 amide bonds. The van der Waals surface area contributed by atoms with E-state index < -0.39 is 10.0 Å². The maximum atomic E-state index is 12.1. The van der Waals surface area contributed by atoms with E-state index in [9.17, 15) is 18.0 Å². The van der Waals surface area contributed by atoms with Crippen LogP contribution in [0.1, 0.15) is 24.8 Å². The molecule has 0 aliphatic carbocycles. The van der Waals surface area contributed by atoms with Gasteiger partial charge in [0.1, 0.15) is 10.6 Å². The third-order valence-corrected chi connectivity index (χ3v) is 5.71. The van der Waals surface area contributed by atoms with Gasteiger partial charge in [-0.15, -0.1) is 0 Å². The van der Waals surface area contributed by atoms with E-state index in [0.29, 0.717) is 5.56 Å². The van der Waals surface area contributed by atoms with Gasteiger partial charge >= 0.3 is 0 Å². The van der Waals surface area contributed by atoms with Gasteiger partial charge in [-0.05, 0) is 43.7 Å². The number of amides is 2. The van der Waals surface area contributed by atoms with E-state index in [0.717, 1.165) is 25.9 Å². The maximum Gasteiger partial charge on any atom is 0.244 e. The molecular weight excluding hydrogens is 370 g/mol. The maximum absolute atomic E-state index is 12.1. The van der Waals surface area contributed by atoms with Gasteiger partial charge in [0.2, 0.25) is 21.8 Å². The molecule has 1 aliphatic heterocycles. The molecule has 0 atom stereocenters. The van der Waals surface area contributed by atoms with Crippen molar-refractivity contribution < 1.29 is 22.7 Å². The first-order valence-electron chi connectivity index (χ1n) is 8.72. The van der Waals surface area contributed by atoms with Crippen LogP contribution in [0.4, 0.5) is 0 Å². The van der Waals surface area contributed by atoms with Crippen molar-refractivity contribution in [1.29, 1.82) is 0 Å². The Bertz CT molecular complexity index is 814. The van der Waals surface area contributed by atoms with E-state index in [1.807, 2.05) is 4.90 Å². The first-order valence-corrected chi connectivity index (χ1v) is 10.2. The van der Waals surface area contributed by atoms with Gasteiger partial charge < -0.3 is 15.0 Å². The van der Waals surface area contributed by atoms with Crippen LogP contribution >= 0.6 is 0 Å². The number of nitrogens with zero attached hydrogens (tertiary/aromatic N) is 1. The normalized spacial score (nSPS) is 14.5. The molecule has 2 N–H and O–H groups in total. The van der Waals surface area contributed by atoms with Crippen LogP contribution in [0.5, 0.6) is 5.75 Å². The summed E-state index contributed by atoms with van der Waals surface area (Å²) in [7, 11) is -0.987. The number of methoxy groups -OCH3 is 1. The SMILES string of the molecule is CNS(=O)(=O)c1cc(/C=C/C(=O)NCCC(=O)N2CCCC2)ccc1OC. The Labute approximate surface area is 159 Å². The molecule has 148 valence electrons. The molecule has 0 radical (unpaired) electrons. The summed E-state index contributed by atoms with van der Waals surface area (Å²) >= 11 is 0. The number of benzene rings is 1. The highest BCUT2D eigenvalue weighted by Gasteiger charge is 2.18. The number of sulfonamides is 1. The van der Waals surface area contributed by atoms with Crippen molar-refractivity contribution in [3.63, 3.8) is 0 Å². The molecule has 0 aromatic heterocycles. The van der Waals surface area contributed by atoms with Crippen LogP contribution in [0.15, 0.2) is 29.2 Å². The second-order valence-electron chi connectivity index (χ2n) is 6.08. The second-order valence-corrected chi connectivity index (χ2v) is 7.94. The lowest BCUT2D eigenvalue weighted by atomic mass is 10.2.